The summed E-state index contributed by atoms with van der Waals surface area (Å²) in [6, 6.07) is 2.06. The van der Waals surface area contributed by atoms with Crippen LogP contribution in [0.5, 0.6) is 0 Å². The zero-order chi connectivity index (χ0) is 20.8. The highest BCUT2D eigenvalue weighted by atomic mass is 28.3. The van der Waals surface area contributed by atoms with E-state index in [0.717, 1.165) is 25.3 Å². The van der Waals surface area contributed by atoms with Gasteiger partial charge >= 0.3 is 17.7 Å². The number of amides is 1. The Balaban J connectivity index is 3.01. The van der Waals surface area contributed by atoms with Gasteiger partial charge in [0.15, 0.2) is 6.10 Å². The Morgan fingerprint density at radius 1 is 1.37 bits per heavy atom. The molecule has 0 heterocycles. The summed E-state index contributed by atoms with van der Waals surface area (Å²) in [4.78, 5) is 33.5. The summed E-state index contributed by atoms with van der Waals surface area (Å²) in [7, 11) is -0.407. The predicted octanol–water partition coefficient (Wildman–Crippen LogP) is 2.37. The van der Waals surface area contributed by atoms with Gasteiger partial charge < -0.3 is 19.9 Å². The summed E-state index contributed by atoms with van der Waals surface area (Å²) in [6.07, 6.45) is -2.78. The normalized spacial score (nSPS) is 13.4. The van der Waals surface area contributed by atoms with Gasteiger partial charge in [-0.1, -0.05) is 19.6 Å². The first-order valence-corrected chi connectivity index (χ1v) is 11.8. The third-order valence-electron chi connectivity index (χ3n) is 3.64. The minimum atomic E-state index is -1.86. The quantitative estimate of drug-likeness (QED) is 0.296. The monoisotopic (exact) mass is 402 g/mol. The highest BCUT2D eigenvalue weighted by molar-refractivity contribution is 6.76. The molecular weight excluding hydrogens is 379 g/mol. The molecule has 1 amide bonds. The van der Waals surface area contributed by atoms with Gasteiger partial charge in [-0.15, -0.1) is 0 Å². The zero-order valence-electron chi connectivity index (χ0n) is 15.5. The number of hydrogen-bond acceptors (Lipinski definition) is 7. The lowest BCUT2D eigenvalue weighted by atomic mass is 10.0. The number of methoxy groups -OCH3 is 1. The number of benzene rings is 1. The van der Waals surface area contributed by atoms with Crippen molar-refractivity contribution in [2.24, 2.45) is 0 Å². The van der Waals surface area contributed by atoms with Crippen molar-refractivity contribution in [3.63, 3.8) is 0 Å². The first-order chi connectivity index (χ1) is 12.5. The van der Waals surface area contributed by atoms with E-state index in [1.807, 2.05) is 0 Å². The first kappa shape index (κ1) is 22.5. The van der Waals surface area contributed by atoms with Crippen LogP contribution >= 0.6 is 0 Å². The molecule has 1 aromatic rings. The Morgan fingerprint density at radius 3 is 2.48 bits per heavy atom. The molecule has 2 N–H and O–H groups in total. The van der Waals surface area contributed by atoms with Crippen LogP contribution < -0.4 is 5.32 Å². The van der Waals surface area contributed by atoms with Crippen LogP contribution in [0.2, 0.25) is 25.7 Å². The van der Waals surface area contributed by atoms with Crippen molar-refractivity contribution in [1.82, 2.24) is 5.32 Å². The number of carbonyl (C=O) groups excluding carboxylic acids is 2. The largest absolute Gasteiger partial charge is 0.467 e. The van der Waals surface area contributed by atoms with Gasteiger partial charge in [-0.25, -0.2) is 9.59 Å². The fraction of sp³-hybridized carbons (Fsp3) is 0.500. The van der Waals surface area contributed by atoms with E-state index in [0.29, 0.717) is 6.04 Å². The molecule has 27 heavy (non-hydrogen) atoms. The first-order valence-electron chi connectivity index (χ1n) is 8.09. The topological polar surface area (TPSA) is 128 Å². The van der Waals surface area contributed by atoms with Crippen molar-refractivity contribution >= 4 is 25.8 Å². The van der Waals surface area contributed by atoms with Crippen LogP contribution in [-0.2, 0) is 14.3 Å². The molecule has 0 fully saturated rings. The van der Waals surface area contributed by atoms with Gasteiger partial charge in [-0.3, -0.25) is 10.1 Å². The lowest BCUT2D eigenvalue weighted by molar-refractivity contribution is -0.387. The van der Waals surface area contributed by atoms with Crippen LogP contribution in [0.25, 0.3) is 0 Å². The van der Waals surface area contributed by atoms with E-state index in [9.17, 15) is 29.2 Å². The molecule has 2 atom stereocenters. The van der Waals surface area contributed by atoms with Crippen molar-refractivity contribution in [3.05, 3.63) is 39.7 Å². The molecule has 0 saturated heterocycles. The molecule has 0 aliphatic carbocycles. The standard InChI is InChI=1S/C16H23FN2O7Si/c1-25-15(21)14(20)13(18-16(22)26-7-8-27(2,3)4)10-5-6-12(19(23)24)11(17)9-10/h5-6,9,13-14,20H,7-8H2,1-4H3,(H,18,22)/t13-,14+/m0/s1. The van der Waals surface area contributed by atoms with Gasteiger partial charge in [0.1, 0.15) is 0 Å². The minimum absolute atomic E-state index is 0.0573. The molecule has 0 spiro atoms. The molecule has 1 aromatic carbocycles. The summed E-state index contributed by atoms with van der Waals surface area (Å²) >= 11 is 0. The Morgan fingerprint density at radius 2 is 2.00 bits per heavy atom. The molecule has 0 aliphatic rings. The summed E-state index contributed by atoms with van der Waals surface area (Å²) in [5.74, 6) is -2.24. The maximum Gasteiger partial charge on any atom is 0.407 e. The average molecular weight is 402 g/mol. The number of aliphatic hydroxyl groups is 1. The van der Waals surface area contributed by atoms with E-state index in [1.165, 1.54) is 0 Å². The molecule has 150 valence electrons. The van der Waals surface area contributed by atoms with Crippen molar-refractivity contribution in [2.75, 3.05) is 13.7 Å². The van der Waals surface area contributed by atoms with Gasteiger partial charge in [0.25, 0.3) is 0 Å². The number of hydrogen-bond donors (Lipinski definition) is 2. The van der Waals surface area contributed by atoms with Gasteiger partial charge in [0.05, 0.1) is 24.7 Å². The van der Waals surface area contributed by atoms with E-state index in [-0.39, 0.29) is 12.2 Å². The van der Waals surface area contributed by atoms with E-state index >= 15 is 0 Å². The van der Waals surface area contributed by atoms with Crippen molar-refractivity contribution in [3.8, 4) is 0 Å². The maximum absolute atomic E-state index is 13.9. The number of halogens is 1. The second-order valence-electron chi connectivity index (χ2n) is 7.00. The highest BCUT2D eigenvalue weighted by Crippen LogP contribution is 2.24. The number of nitro groups is 1. The van der Waals surface area contributed by atoms with Crippen LogP contribution in [0.4, 0.5) is 14.9 Å². The number of nitro benzene ring substituents is 1. The molecule has 1 rings (SSSR count). The molecule has 9 nitrogen and oxygen atoms in total. The minimum Gasteiger partial charge on any atom is -0.467 e. The zero-order valence-corrected chi connectivity index (χ0v) is 16.5. The number of ether oxygens (including phenoxy) is 2. The Bertz CT molecular complexity index is 708. The number of esters is 1. The molecule has 0 unspecified atom stereocenters. The lowest BCUT2D eigenvalue weighted by Gasteiger charge is -2.23. The maximum atomic E-state index is 13.9. The van der Waals surface area contributed by atoms with E-state index in [4.69, 9.17) is 4.74 Å². The molecule has 0 bridgehead atoms. The second-order valence-corrected chi connectivity index (χ2v) is 12.6. The molecule has 11 heteroatoms. The van der Waals surface area contributed by atoms with Crippen molar-refractivity contribution < 1.29 is 33.5 Å². The average Bonchev–Trinajstić information content (AvgIpc) is 2.56. The van der Waals surface area contributed by atoms with Crippen LogP contribution in [0.3, 0.4) is 0 Å². The Kier molecular flexibility index (Phi) is 7.85. The molecular formula is C16H23FN2O7Si. The van der Waals surface area contributed by atoms with E-state index in [1.54, 1.807) is 0 Å². The molecule has 0 aromatic heterocycles. The summed E-state index contributed by atoms with van der Waals surface area (Å²) < 4.78 is 23.4. The van der Waals surface area contributed by atoms with Gasteiger partial charge in [0.2, 0.25) is 5.82 Å². The number of rotatable bonds is 8. The Hall–Kier alpha value is -2.53. The third-order valence-corrected chi connectivity index (χ3v) is 5.35. The van der Waals surface area contributed by atoms with Gasteiger partial charge in [-0.05, 0) is 23.7 Å². The number of nitrogens with one attached hydrogen (secondary N) is 1. The molecule has 0 saturated carbocycles. The van der Waals surface area contributed by atoms with Crippen LogP contribution in [0.15, 0.2) is 18.2 Å². The van der Waals surface area contributed by atoms with Gasteiger partial charge in [0, 0.05) is 14.1 Å². The molecule has 0 radical (unpaired) electrons. The van der Waals surface area contributed by atoms with Gasteiger partial charge in [-0.2, -0.15) is 4.39 Å². The van der Waals surface area contributed by atoms with Crippen molar-refractivity contribution in [1.29, 1.82) is 0 Å². The smallest absolute Gasteiger partial charge is 0.407 e. The fourth-order valence-corrected chi connectivity index (χ4v) is 2.80. The molecule has 0 aliphatic heterocycles. The summed E-state index contributed by atoms with van der Waals surface area (Å²) in [5, 5.41) is 23.1. The number of carbonyl (C=O) groups is 2. The summed E-state index contributed by atoms with van der Waals surface area (Å²) in [5.41, 5.74) is -0.832. The second kappa shape index (κ2) is 9.42. The third kappa shape index (κ3) is 6.94. The number of nitrogens with zero attached hydrogens (tertiary/aromatic N) is 1. The van der Waals surface area contributed by atoms with E-state index < -0.39 is 48.7 Å². The van der Waals surface area contributed by atoms with Crippen LogP contribution in [0, 0.1) is 15.9 Å². The fourth-order valence-electron chi connectivity index (χ4n) is 2.08. The van der Waals surface area contributed by atoms with Crippen LogP contribution in [-0.4, -0.2) is 50.0 Å². The lowest BCUT2D eigenvalue weighted by Crippen LogP contribution is -2.41. The van der Waals surface area contributed by atoms with E-state index in [2.05, 4.69) is 29.7 Å². The van der Waals surface area contributed by atoms with Crippen LogP contribution in [0.1, 0.15) is 11.6 Å². The highest BCUT2D eigenvalue weighted by Gasteiger charge is 2.32. The summed E-state index contributed by atoms with van der Waals surface area (Å²) in [6.45, 7) is 6.43. The SMILES string of the molecule is COC(=O)[C@H](O)[C@@H](NC(=O)OCC[Si](C)(C)C)c1ccc([N+](=O)[O-])c(F)c1. The Labute approximate surface area is 156 Å². The van der Waals surface area contributed by atoms with Crippen molar-refractivity contribution in [2.45, 2.75) is 37.8 Å². The predicted molar refractivity (Wildman–Crippen MR) is 96.5 cm³/mol. The number of alkyl carbamates (subject to hydrolysis) is 1. The number of aliphatic hydroxyl groups excluding tert-OH is 1.